The molecule has 0 aliphatic heterocycles. The van der Waals surface area contributed by atoms with Gasteiger partial charge in [0.15, 0.2) is 0 Å². The van der Waals surface area contributed by atoms with Crippen LogP contribution in [0.2, 0.25) is 0 Å². The molecule has 51 heavy (non-hydrogen) atoms. The molecule has 3 unspecified atom stereocenters. The van der Waals surface area contributed by atoms with Crippen LogP contribution in [0.15, 0.2) is 24.3 Å². The van der Waals surface area contributed by atoms with Crippen LogP contribution in [0, 0.1) is 0 Å². The fourth-order valence-electron chi connectivity index (χ4n) is 6.61. The Morgan fingerprint density at radius 2 is 0.980 bits per heavy atom. The second-order valence-electron chi connectivity index (χ2n) is 15.1. The number of ether oxygens (including phenoxy) is 1. The SMILES string of the molecule is CCC/C=C\CCCCCCCC(=O)OC(CCCCC/C=C\CCC)CC(=O)NC(CO)C(O)CCCCCCCCCCCCCCCC. The predicted octanol–water partition coefficient (Wildman–Crippen LogP) is 12.4. The first-order valence-electron chi connectivity index (χ1n) is 22.1. The lowest BCUT2D eigenvalue weighted by Gasteiger charge is -2.24. The zero-order chi connectivity index (χ0) is 37.5. The number of hydrogen-bond donors (Lipinski definition) is 3. The van der Waals surface area contributed by atoms with Gasteiger partial charge in [0.25, 0.3) is 0 Å². The maximum Gasteiger partial charge on any atom is 0.306 e. The molecule has 0 bridgehead atoms. The van der Waals surface area contributed by atoms with Gasteiger partial charge in [-0.1, -0.05) is 173 Å². The number of carbonyl (C=O) groups is 2. The van der Waals surface area contributed by atoms with E-state index in [1.807, 2.05) is 0 Å². The van der Waals surface area contributed by atoms with E-state index in [4.69, 9.17) is 4.74 Å². The molecule has 1 amide bonds. The molecule has 0 radical (unpaired) electrons. The van der Waals surface area contributed by atoms with Crippen LogP contribution in [-0.4, -0.2) is 46.9 Å². The van der Waals surface area contributed by atoms with Crippen LogP contribution in [-0.2, 0) is 14.3 Å². The van der Waals surface area contributed by atoms with Crippen molar-refractivity contribution in [3.05, 3.63) is 24.3 Å². The van der Waals surface area contributed by atoms with Gasteiger partial charge in [0.2, 0.25) is 5.91 Å². The first kappa shape index (κ1) is 49.3. The summed E-state index contributed by atoms with van der Waals surface area (Å²) in [6, 6.07) is -0.701. The van der Waals surface area contributed by atoms with Crippen molar-refractivity contribution in [1.29, 1.82) is 0 Å². The molecule has 0 saturated heterocycles. The highest BCUT2D eigenvalue weighted by Gasteiger charge is 2.24. The van der Waals surface area contributed by atoms with Crippen LogP contribution in [0.1, 0.15) is 226 Å². The average molecular weight is 720 g/mol. The number of aliphatic hydroxyl groups excluding tert-OH is 2. The fraction of sp³-hybridized carbons (Fsp3) is 0.867. The summed E-state index contributed by atoms with van der Waals surface area (Å²) in [7, 11) is 0. The standard InChI is InChI=1S/C45H85NO5/c1-4-7-10-13-16-19-21-22-23-24-25-28-31-34-37-43(48)42(40-47)46-44(49)39-41(36-33-30-27-18-15-12-9-6-3)51-45(50)38-35-32-29-26-20-17-14-11-8-5-2/h11-12,14-15,41-43,47-48H,4-10,13,16-40H2,1-3H3,(H,46,49)/b14-11-,15-12-. The van der Waals surface area contributed by atoms with Crippen LogP contribution in [0.3, 0.4) is 0 Å². The number of hydrogen-bond acceptors (Lipinski definition) is 5. The van der Waals surface area contributed by atoms with Crippen LogP contribution in [0.4, 0.5) is 0 Å². The van der Waals surface area contributed by atoms with E-state index in [0.29, 0.717) is 19.3 Å². The molecule has 3 atom stereocenters. The van der Waals surface area contributed by atoms with Gasteiger partial charge in [-0.2, -0.15) is 0 Å². The van der Waals surface area contributed by atoms with Crippen molar-refractivity contribution in [1.82, 2.24) is 5.32 Å². The number of allylic oxidation sites excluding steroid dienone is 4. The molecular weight excluding hydrogens is 634 g/mol. The number of carbonyl (C=O) groups excluding carboxylic acids is 2. The van der Waals surface area contributed by atoms with Gasteiger partial charge in [0, 0.05) is 6.42 Å². The van der Waals surface area contributed by atoms with Crippen molar-refractivity contribution in [3.8, 4) is 0 Å². The molecule has 6 nitrogen and oxygen atoms in total. The molecular formula is C45H85NO5. The number of rotatable bonds is 39. The molecule has 0 heterocycles. The van der Waals surface area contributed by atoms with Gasteiger partial charge < -0.3 is 20.3 Å². The van der Waals surface area contributed by atoms with Gasteiger partial charge >= 0.3 is 5.97 Å². The number of esters is 1. The van der Waals surface area contributed by atoms with Crippen molar-refractivity contribution in [2.45, 2.75) is 244 Å². The van der Waals surface area contributed by atoms with Crippen molar-refractivity contribution in [3.63, 3.8) is 0 Å². The minimum atomic E-state index is -0.787. The van der Waals surface area contributed by atoms with Gasteiger partial charge in [-0.25, -0.2) is 0 Å². The zero-order valence-corrected chi connectivity index (χ0v) is 34.0. The van der Waals surface area contributed by atoms with Crippen molar-refractivity contribution in [2.24, 2.45) is 0 Å². The molecule has 0 spiro atoms. The summed E-state index contributed by atoms with van der Waals surface area (Å²) in [5, 5.41) is 23.6. The third kappa shape index (κ3) is 35.2. The summed E-state index contributed by atoms with van der Waals surface area (Å²) in [4.78, 5) is 25.8. The summed E-state index contributed by atoms with van der Waals surface area (Å²) in [6.07, 6.45) is 42.5. The van der Waals surface area contributed by atoms with E-state index >= 15 is 0 Å². The third-order valence-corrected chi connectivity index (χ3v) is 9.96. The lowest BCUT2D eigenvalue weighted by molar-refractivity contribution is -0.151. The summed E-state index contributed by atoms with van der Waals surface area (Å²) in [6.45, 7) is 6.33. The first-order chi connectivity index (χ1) is 25.0. The van der Waals surface area contributed by atoms with Crippen molar-refractivity contribution < 1.29 is 24.5 Å². The molecule has 0 aromatic heterocycles. The van der Waals surface area contributed by atoms with Crippen LogP contribution in [0.25, 0.3) is 0 Å². The minimum Gasteiger partial charge on any atom is -0.462 e. The third-order valence-electron chi connectivity index (χ3n) is 9.96. The highest BCUT2D eigenvalue weighted by atomic mass is 16.5. The van der Waals surface area contributed by atoms with E-state index in [0.717, 1.165) is 83.5 Å². The Morgan fingerprint density at radius 1 is 0.549 bits per heavy atom. The molecule has 3 N–H and O–H groups in total. The highest BCUT2D eigenvalue weighted by molar-refractivity contribution is 5.77. The Kier molecular flexibility index (Phi) is 38.3. The lowest BCUT2D eigenvalue weighted by atomic mass is 10.0. The molecule has 0 rings (SSSR count). The summed E-state index contributed by atoms with van der Waals surface area (Å²) >= 11 is 0. The van der Waals surface area contributed by atoms with Gasteiger partial charge in [0.1, 0.15) is 6.10 Å². The topological polar surface area (TPSA) is 95.9 Å². The molecule has 0 aliphatic rings. The van der Waals surface area contributed by atoms with E-state index in [9.17, 15) is 19.8 Å². The second kappa shape index (κ2) is 39.5. The Hall–Kier alpha value is -1.66. The Balaban J connectivity index is 4.47. The van der Waals surface area contributed by atoms with Crippen molar-refractivity contribution in [2.75, 3.05) is 6.61 Å². The molecule has 6 heteroatoms. The summed E-state index contributed by atoms with van der Waals surface area (Å²) in [5.41, 5.74) is 0. The van der Waals surface area contributed by atoms with Crippen LogP contribution >= 0.6 is 0 Å². The maximum atomic E-state index is 13.1. The fourth-order valence-corrected chi connectivity index (χ4v) is 6.61. The lowest BCUT2D eigenvalue weighted by Crippen LogP contribution is -2.46. The molecule has 0 aromatic rings. The number of aliphatic hydroxyl groups is 2. The number of amides is 1. The van der Waals surface area contributed by atoms with Gasteiger partial charge in [-0.05, 0) is 64.2 Å². The smallest absolute Gasteiger partial charge is 0.306 e. The first-order valence-corrected chi connectivity index (χ1v) is 22.1. The number of nitrogens with one attached hydrogen (secondary N) is 1. The molecule has 0 aliphatic carbocycles. The normalized spacial score (nSPS) is 13.6. The van der Waals surface area contributed by atoms with Gasteiger partial charge in [0.05, 0.1) is 25.2 Å². The van der Waals surface area contributed by atoms with E-state index in [-0.39, 0.29) is 24.9 Å². The predicted molar refractivity (Wildman–Crippen MR) is 218 cm³/mol. The van der Waals surface area contributed by atoms with E-state index in [1.54, 1.807) is 0 Å². The Labute approximate surface area is 316 Å². The molecule has 0 fully saturated rings. The molecule has 0 aromatic carbocycles. The van der Waals surface area contributed by atoms with Gasteiger partial charge in [-0.3, -0.25) is 9.59 Å². The summed E-state index contributed by atoms with van der Waals surface area (Å²) < 4.78 is 5.85. The van der Waals surface area contributed by atoms with Gasteiger partial charge in [-0.15, -0.1) is 0 Å². The van der Waals surface area contributed by atoms with Crippen molar-refractivity contribution >= 4 is 11.9 Å². The molecule has 0 saturated carbocycles. The average Bonchev–Trinajstić information content (AvgIpc) is 3.12. The molecule has 300 valence electrons. The number of unbranched alkanes of at least 4 members (excludes halogenated alkanes) is 23. The van der Waals surface area contributed by atoms with E-state index < -0.39 is 18.2 Å². The zero-order valence-electron chi connectivity index (χ0n) is 34.0. The monoisotopic (exact) mass is 720 g/mol. The highest BCUT2D eigenvalue weighted by Crippen LogP contribution is 2.17. The Bertz CT molecular complexity index is 812. The van der Waals surface area contributed by atoms with Crippen LogP contribution in [0.5, 0.6) is 0 Å². The van der Waals surface area contributed by atoms with Crippen LogP contribution < -0.4 is 5.32 Å². The van der Waals surface area contributed by atoms with E-state index in [1.165, 1.54) is 96.3 Å². The maximum absolute atomic E-state index is 13.1. The summed E-state index contributed by atoms with van der Waals surface area (Å²) in [5.74, 6) is -0.503. The van der Waals surface area contributed by atoms with E-state index in [2.05, 4.69) is 50.4 Å². The Morgan fingerprint density at radius 3 is 1.49 bits per heavy atom. The minimum absolute atomic E-state index is 0.0652. The second-order valence-corrected chi connectivity index (χ2v) is 15.1. The quantitative estimate of drug-likeness (QED) is 0.0334. The largest absolute Gasteiger partial charge is 0.462 e.